The third-order valence-corrected chi connectivity index (χ3v) is 3.91. The summed E-state index contributed by atoms with van der Waals surface area (Å²) in [5.41, 5.74) is 1.14. The van der Waals surface area contributed by atoms with E-state index in [9.17, 15) is 8.42 Å². The Morgan fingerprint density at radius 3 is 2.37 bits per heavy atom. The summed E-state index contributed by atoms with van der Waals surface area (Å²) in [7, 11) is -3.67. The molecule has 0 spiro atoms. The van der Waals surface area contributed by atoms with E-state index in [0.29, 0.717) is 11.1 Å². The molecule has 1 aromatic heterocycles. The number of nitrogens with one attached hydrogen (secondary N) is 1. The first-order chi connectivity index (χ1) is 9.15. The second kappa shape index (κ2) is 4.40. The van der Waals surface area contributed by atoms with Crippen molar-refractivity contribution in [1.29, 1.82) is 0 Å². The molecule has 0 saturated heterocycles. The Kier molecular flexibility index (Phi) is 2.72. The molecule has 0 aliphatic heterocycles. The first kappa shape index (κ1) is 11.7. The minimum Gasteiger partial charge on any atom is -0.423 e. The average molecular weight is 274 g/mol. The van der Waals surface area contributed by atoms with Crippen LogP contribution in [0.5, 0.6) is 0 Å². The predicted molar refractivity (Wildman–Crippen MR) is 71.3 cm³/mol. The summed E-state index contributed by atoms with van der Waals surface area (Å²) < 4.78 is 31.8. The van der Waals surface area contributed by atoms with E-state index in [1.807, 2.05) is 0 Å². The van der Waals surface area contributed by atoms with E-state index < -0.39 is 10.0 Å². The summed E-state index contributed by atoms with van der Waals surface area (Å²) in [5.74, 6) is 0. The fourth-order valence-corrected chi connectivity index (χ4v) is 2.64. The fourth-order valence-electron chi connectivity index (χ4n) is 1.69. The molecule has 0 unspecified atom stereocenters. The van der Waals surface area contributed by atoms with Gasteiger partial charge in [-0.1, -0.05) is 30.3 Å². The molecule has 2 aromatic carbocycles. The first-order valence-corrected chi connectivity index (χ1v) is 7.07. The SMILES string of the molecule is O=S(=O)(Nc1nc2ccccc2o1)c1ccccc1. The minimum atomic E-state index is -3.67. The van der Waals surface area contributed by atoms with Gasteiger partial charge >= 0.3 is 6.01 Å². The smallest absolute Gasteiger partial charge is 0.309 e. The standard InChI is InChI=1S/C13H10N2O3S/c16-19(17,10-6-2-1-3-7-10)15-13-14-11-8-4-5-9-12(11)18-13/h1-9H,(H,14,15). The van der Waals surface area contributed by atoms with Crippen LogP contribution in [0.25, 0.3) is 11.1 Å². The van der Waals surface area contributed by atoms with Crippen LogP contribution in [0, 0.1) is 0 Å². The first-order valence-electron chi connectivity index (χ1n) is 5.59. The minimum absolute atomic E-state index is 0.0370. The summed E-state index contributed by atoms with van der Waals surface area (Å²) in [5, 5.41) is 0. The molecule has 0 aliphatic carbocycles. The van der Waals surface area contributed by atoms with Crippen LogP contribution in [0.2, 0.25) is 0 Å². The maximum atomic E-state index is 12.1. The van der Waals surface area contributed by atoms with E-state index in [0.717, 1.165) is 0 Å². The van der Waals surface area contributed by atoms with Crippen molar-refractivity contribution in [3.8, 4) is 0 Å². The summed E-state index contributed by atoms with van der Waals surface area (Å²) in [4.78, 5) is 4.23. The highest BCUT2D eigenvalue weighted by Gasteiger charge is 2.16. The Hall–Kier alpha value is -2.34. The topological polar surface area (TPSA) is 72.2 Å². The lowest BCUT2D eigenvalue weighted by molar-refractivity contribution is 0.591. The molecule has 19 heavy (non-hydrogen) atoms. The second-order valence-corrected chi connectivity index (χ2v) is 5.59. The van der Waals surface area contributed by atoms with Crippen molar-refractivity contribution < 1.29 is 12.8 Å². The third-order valence-electron chi connectivity index (χ3n) is 2.57. The second-order valence-electron chi connectivity index (χ2n) is 3.91. The molecule has 0 bridgehead atoms. The van der Waals surface area contributed by atoms with Crippen LogP contribution in [-0.4, -0.2) is 13.4 Å². The molecule has 0 saturated carbocycles. The molecule has 1 heterocycles. The highest BCUT2D eigenvalue weighted by atomic mass is 32.2. The average Bonchev–Trinajstić information content (AvgIpc) is 2.81. The van der Waals surface area contributed by atoms with Gasteiger partial charge in [0, 0.05) is 0 Å². The van der Waals surface area contributed by atoms with Gasteiger partial charge in [0.15, 0.2) is 5.58 Å². The van der Waals surface area contributed by atoms with Crippen LogP contribution in [0.4, 0.5) is 6.01 Å². The Bertz CT molecular complexity index is 777. The zero-order valence-corrected chi connectivity index (χ0v) is 10.6. The highest BCUT2D eigenvalue weighted by Crippen LogP contribution is 2.20. The number of hydrogen-bond acceptors (Lipinski definition) is 4. The zero-order chi connectivity index (χ0) is 13.3. The normalized spacial score (nSPS) is 11.6. The Morgan fingerprint density at radius 1 is 0.947 bits per heavy atom. The van der Waals surface area contributed by atoms with Crippen LogP contribution >= 0.6 is 0 Å². The van der Waals surface area contributed by atoms with Crippen LogP contribution in [0.15, 0.2) is 63.9 Å². The summed E-state index contributed by atoms with van der Waals surface area (Å²) in [6.45, 7) is 0. The Morgan fingerprint density at radius 2 is 1.63 bits per heavy atom. The van der Waals surface area contributed by atoms with Crippen molar-refractivity contribution in [2.24, 2.45) is 0 Å². The van der Waals surface area contributed by atoms with Crippen molar-refractivity contribution in [3.05, 3.63) is 54.6 Å². The Balaban J connectivity index is 1.97. The molecule has 5 nitrogen and oxygen atoms in total. The van der Waals surface area contributed by atoms with Crippen molar-refractivity contribution in [2.75, 3.05) is 4.72 Å². The van der Waals surface area contributed by atoms with Gasteiger partial charge < -0.3 is 4.42 Å². The van der Waals surface area contributed by atoms with E-state index in [-0.39, 0.29) is 10.9 Å². The van der Waals surface area contributed by atoms with E-state index in [1.165, 1.54) is 12.1 Å². The van der Waals surface area contributed by atoms with Gasteiger partial charge in [0.1, 0.15) is 5.52 Å². The number of anilines is 1. The van der Waals surface area contributed by atoms with Crippen molar-refractivity contribution >= 4 is 27.1 Å². The number of benzene rings is 2. The number of para-hydroxylation sites is 2. The maximum Gasteiger partial charge on any atom is 0.309 e. The number of nitrogens with zero attached hydrogens (tertiary/aromatic N) is 1. The predicted octanol–water partition coefficient (Wildman–Crippen LogP) is 2.63. The van der Waals surface area contributed by atoms with E-state index in [4.69, 9.17) is 4.42 Å². The molecule has 0 radical (unpaired) electrons. The fraction of sp³-hybridized carbons (Fsp3) is 0. The van der Waals surface area contributed by atoms with E-state index >= 15 is 0 Å². The molecule has 0 aliphatic rings. The third kappa shape index (κ3) is 2.30. The number of oxazole rings is 1. The number of fused-ring (bicyclic) bond motifs is 1. The molecule has 0 amide bonds. The summed E-state index contributed by atoms with van der Waals surface area (Å²) in [6.07, 6.45) is 0. The van der Waals surface area contributed by atoms with Gasteiger partial charge in [-0.3, -0.25) is 0 Å². The number of sulfonamides is 1. The molecular formula is C13H10N2O3S. The van der Waals surface area contributed by atoms with Crippen molar-refractivity contribution in [1.82, 2.24) is 4.98 Å². The monoisotopic (exact) mass is 274 g/mol. The summed E-state index contributed by atoms with van der Waals surface area (Å²) in [6, 6.07) is 15.1. The molecule has 0 atom stereocenters. The molecule has 3 rings (SSSR count). The van der Waals surface area contributed by atoms with Crippen molar-refractivity contribution in [3.63, 3.8) is 0 Å². The molecule has 6 heteroatoms. The summed E-state index contributed by atoms with van der Waals surface area (Å²) >= 11 is 0. The van der Waals surface area contributed by atoms with E-state index in [2.05, 4.69) is 9.71 Å². The molecule has 3 aromatic rings. The molecule has 1 N–H and O–H groups in total. The highest BCUT2D eigenvalue weighted by molar-refractivity contribution is 7.92. The van der Waals surface area contributed by atoms with Gasteiger partial charge in [-0.15, -0.1) is 0 Å². The lowest BCUT2D eigenvalue weighted by Crippen LogP contribution is -2.12. The van der Waals surface area contributed by atoms with Gasteiger partial charge in [-0.25, -0.2) is 13.1 Å². The van der Waals surface area contributed by atoms with Gasteiger partial charge in [-0.05, 0) is 24.3 Å². The largest absolute Gasteiger partial charge is 0.423 e. The zero-order valence-electron chi connectivity index (χ0n) is 9.78. The maximum absolute atomic E-state index is 12.1. The van der Waals surface area contributed by atoms with E-state index in [1.54, 1.807) is 42.5 Å². The van der Waals surface area contributed by atoms with Gasteiger partial charge in [0.05, 0.1) is 4.90 Å². The van der Waals surface area contributed by atoms with Gasteiger partial charge in [-0.2, -0.15) is 4.98 Å². The lowest BCUT2D eigenvalue weighted by Gasteiger charge is -2.03. The Labute approximate surface area is 109 Å². The molecule has 0 fully saturated rings. The van der Waals surface area contributed by atoms with Crippen LogP contribution < -0.4 is 4.72 Å². The molecular weight excluding hydrogens is 264 g/mol. The van der Waals surface area contributed by atoms with Crippen LogP contribution in [-0.2, 0) is 10.0 Å². The van der Waals surface area contributed by atoms with Crippen molar-refractivity contribution in [2.45, 2.75) is 4.90 Å². The van der Waals surface area contributed by atoms with Crippen LogP contribution in [0.1, 0.15) is 0 Å². The van der Waals surface area contributed by atoms with Crippen LogP contribution in [0.3, 0.4) is 0 Å². The lowest BCUT2D eigenvalue weighted by atomic mass is 10.3. The molecule has 96 valence electrons. The number of aromatic nitrogens is 1. The van der Waals surface area contributed by atoms with Gasteiger partial charge in [0.25, 0.3) is 10.0 Å². The van der Waals surface area contributed by atoms with Gasteiger partial charge in [0.2, 0.25) is 0 Å². The number of rotatable bonds is 3. The quantitative estimate of drug-likeness (QED) is 0.797. The number of hydrogen-bond donors (Lipinski definition) is 1.